The van der Waals surface area contributed by atoms with Gasteiger partial charge in [0.25, 0.3) is 0 Å². The minimum atomic E-state index is 0.366. The van der Waals surface area contributed by atoms with E-state index in [0.717, 1.165) is 42.8 Å². The molecule has 0 bridgehead atoms. The SMILES string of the molecule is Cc1nn(C)c(C)c1[C@@H]1CCCN1c1cc(OCC2CC2)ccn1. The summed E-state index contributed by atoms with van der Waals surface area (Å²) in [6.45, 7) is 6.15. The number of rotatable bonds is 5. The van der Waals surface area contributed by atoms with E-state index in [-0.39, 0.29) is 0 Å². The number of pyridine rings is 1. The molecular weight excluding hydrogens is 300 g/mol. The predicted octanol–water partition coefficient (Wildman–Crippen LogP) is 3.56. The van der Waals surface area contributed by atoms with Crippen LogP contribution in [0.4, 0.5) is 5.82 Å². The van der Waals surface area contributed by atoms with Gasteiger partial charge < -0.3 is 9.64 Å². The summed E-state index contributed by atoms with van der Waals surface area (Å²) in [6, 6.07) is 4.43. The third-order valence-corrected chi connectivity index (χ3v) is 5.34. The van der Waals surface area contributed by atoms with Gasteiger partial charge in [0.2, 0.25) is 0 Å². The topological polar surface area (TPSA) is 43.2 Å². The number of aryl methyl sites for hydroxylation is 2. The maximum atomic E-state index is 5.94. The van der Waals surface area contributed by atoms with Gasteiger partial charge in [0, 0.05) is 37.1 Å². The molecule has 0 N–H and O–H groups in total. The van der Waals surface area contributed by atoms with Gasteiger partial charge in [0.15, 0.2) is 0 Å². The van der Waals surface area contributed by atoms with E-state index in [4.69, 9.17) is 4.74 Å². The Hall–Kier alpha value is -2.04. The fourth-order valence-corrected chi connectivity index (χ4v) is 3.76. The summed E-state index contributed by atoms with van der Waals surface area (Å²) in [5, 5.41) is 4.60. The molecule has 1 saturated carbocycles. The first-order valence-corrected chi connectivity index (χ1v) is 8.99. The van der Waals surface area contributed by atoms with Crippen molar-refractivity contribution in [2.24, 2.45) is 13.0 Å². The molecule has 5 nitrogen and oxygen atoms in total. The summed E-state index contributed by atoms with van der Waals surface area (Å²) in [7, 11) is 2.02. The number of hydrogen-bond acceptors (Lipinski definition) is 4. The van der Waals surface area contributed by atoms with Gasteiger partial charge in [-0.2, -0.15) is 5.10 Å². The Morgan fingerprint density at radius 1 is 1.25 bits per heavy atom. The first kappa shape index (κ1) is 15.5. The minimum Gasteiger partial charge on any atom is -0.493 e. The lowest BCUT2D eigenvalue weighted by Gasteiger charge is -2.26. The first-order valence-electron chi connectivity index (χ1n) is 8.99. The normalized spacial score (nSPS) is 20.6. The molecule has 2 fully saturated rings. The van der Waals surface area contributed by atoms with Crippen LogP contribution in [0.1, 0.15) is 48.7 Å². The Morgan fingerprint density at radius 3 is 2.79 bits per heavy atom. The van der Waals surface area contributed by atoms with Crippen molar-refractivity contribution < 1.29 is 4.74 Å². The van der Waals surface area contributed by atoms with Crippen molar-refractivity contribution in [3.05, 3.63) is 35.3 Å². The summed E-state index contributed by atoms with van der Waals surface area (Å²) in [6.07, 6.45) is 6.84. The minimum absolute atomic E-state index is 0.366. The quantitative estimate of drug-likeness (QED) is 0.842. The lowest BCUT2D eigenvalue weighted by Crippen LogP contribution is -2.24. The van der Waals surface area contributed by atoms with E-state index in [9.17, 15) is 0 Å². The predicted molar refractivity (Wildman–Crippen MR) is 94.5 cm³/mol. The van der Waals surface area contributed by atoms with Gasteiger partial charge in [-0.15, -0.1) is 0 Å². The van der Waals surface area contributed by atoms with Crippen LogP contribution in [0.2, 0.25) is 0 Å². The molecule has 128 valence electrons. The lowest BCUT2D eigenvalue weighted by molar-refractivity contribution is 0.299. The number of anilines is 1. The Labute approximate surface area is 143 Å². The second kappa shape index (κ2) is 6.11. The Morgan fingerprint density at radius 2 is 2.08 bits per heavy atom. The molecule has 5 heteroatoms. The number of ether oxygens (including phenoxy) is 1. The molecule has 2 aliphatic rings. The summed E-state index contributed by atoms with van der Waals surface area (Å²) in [5.74, 6) is 2.73. The Bertz CT molecular complexity index is 735. The summed E-state index contributed by atoms with van der Waals surface area (Å²) >= 11 is 0. The Balaban J connectivity index is 1.59. The zero-order valence-corrected chi connectivity index (χ0v) is 14.8. The third kappa shape index (κ3) is 2.87. The summed E-state index contributed by atoms with van der Waals surface area (Å²) < 4.78 is 7.93. The molecule has 0 aromatic carbocycles. The highest BCUT2D eigenvalue weighted by Gasteiger charge is 2.31. The molecule has 0 spiro atoms. The van der Waals surface area contributed by atoms with Crippen LogP contribution in [0.15, 0.2) is 18.3 Å². The number of aromatic nitrogens is 3. The smallest absolute Gasteiger partial charge is 0.132 e. The molecule has 24 heavy (non-hydrogen) atoms. The summed E-state index contributed by atoms with van der Waals surface area (Å²) in [4.78, 5) is 7.04. The third-order valence-electron chi connectivity index (χ3n) is 5.34. The van der Waals surface area contributed by atoms with Crippen LogP contribution in [0.25, 0.3) is 0 Å². The average molecular weight is 326 g/mol. The van der Waals surface area contributed by atoms with Crippen LogP contribution in [0.5, 0.6) is 5.75 Å². The molecule has 2 aromatic heterocycles. The first-order chi connectivity index (χ1) is 11.6. The molecule has 0 unspecified atom stereocenters. The molecule has 1 aliphatic carbocycles. The van der Waals surface area contributed by atoms with E-state index in [1.807, 2.05) is 24.0 Å². The van der Waals surface area contributed by atoms with Gasteiger partial charge in [-0.05, 0) is 51.5 Å². The molecule has 1 saturated heterocycles. The second-order valence-corrected chi connectivity index (χ2v) is 7.16. The highest BCUT2D eigenvalue weighted by atomic mass is 16.5. The van der Waals surface area contributed by atoms with Gasteiger partial charge in [-0.25, -0.2) is 4.98 Å². The average Bonchev–Trinajstić information content (AvgIpc) is 3.22. The maximum absolute atomic E-state index is 5.94. The monoisotopic (exact) mass is 326 g/mol. The molecule has 4 rings (SSSR count). The van der Waals surface area contributed by atoms with Crippen LogP contribution < -0.4 is 9.64 Å². The standard InChI is InChI=1S/C19H26N4O/c1-13-19(14(2)22(3)21-13)17-5-4-10-23(17)18-11-16(8-9-20-18)24-12-15-6-7-15/h8-9,11,15,17H,4-7,10,12H2,1-3H3/t17-/m0/s1. The van der Waals surface area contributed by atoms with E-state index >= 15 is 0 Å². The van der Waals surface area contributed by atoms with E-state index in [0.29, 0.717) is 6.04 Å². The summed E-state index contributed by atoms with van der Waals surface area (Å²) in [5.41, 5.74) is 3.75. The molecule has 1 aliphatic heterocycles. The lowest BCUT2D eigenvalue weighted by atomic mass is 10.0. The fraction of sp³-hybridized carbons (Fsp3) is 0.579. The van der Waals surface area contributed by atoms with E-state index < -0.39 is 0 Å². The van der Waals surface area contributed by atoms with Crippen LogP contribution in [0, 0.1) is 19.8 Å². The van der Waals surface area contributed by atoms with Crippen molar-refractivity contribution in [3.8, 4) is 5.75 Å². The molecule has 2 aromatic rings. The van der Waals surface area contributed by atoms with Gasteiger partial charge in [0.05, 0.1) is 18.3 Å². The van der Waals surface area contributed by atoms with Crippen LogP contribution in [-0.2, 0) is 7.05 Å². The van der Waals surface area contributed by atoms with Crippen LogP contribution in [-0.4, -0.2) is 27.9 Å². The van der Waals surface area contributed by atoms with Crippen molar-refractivity contribution in [3.63, 3.8) is 0 Å². The maximum Gasteiger partial charge on any atom is 0.132 e. The van der Waals surface area contributed by atoms with E-state index in [1.54, 1.807) is 0 Å². The van der Waals surface area contributed by atoms with Crippen molar-refractivity contribution in [2.45, 2.75) is 45.6 Å². The Kier molecular flexibility index (Phi) is 3.94. The largest absolute Gasteiger partial charge is 0.493 e. The van der Waals surface area contributed by atoms with E-state index in [2.05, 4.69) is 34.9 Å². The van der Waals surface area contributed by atoms with Crippen molar-refractivity contribution in [2.75, 3.05) is 18.1 Å². The van der Waals surface area contributed by atoms with Gasteiger partial charge in [0.1, 0.15) is 11.6 Å². The van der Waals surface area contributed by atoms with Gasteiger partial charge in [-0.3, -0.25) is 4.68 Å². The highest BCUT2D eigenvalue weighted by molar-refractivity contribution is 5.48. The molecule has 3 heterocycles. The van der Waals surface area contributed by atoms with Gasteiger partial charge >= 0.3 is 0 Å². The van der Waals surface area contributed by atoms with Crippen molar-refractivity contribution >= 4 is 5.82 Å². The molecule has 1 atom stereocenters. The zero-order chi connectivity index (χ0) is 16.7. The zero-order valence-electron chi connectivity index (χ0n) is 14.8. The van der Waals surface area contributed by atoms with E-state index in [1.165, 1.54) is 30.5 Å². The number of nitrogens with zero attached hydrogens (tertiary/aromatic N) is 4. The fourth-order valence-electron chi connectivity index (χ4n) is 3.76. The second-order valence-electron chi connectivity index (χ2n) is 7.16. The van der Waals surface area contributed by atoms with Crippen molar-refractivity contribution in [1.82, 2.24) is 14.8 Å². The van der Waals surface area contributed by atoms with Gasteiger partial charge in [-0.1, -0.05) is 0 Å². The number of hydrogen-bond donors (Lipinski definition) is 0. The van der Waals surface area contributed by atoms with Crippen LogP contribution >= 0.6 is 0 Å². The molecule has 0 radical (unpaired) electrons. The van der Waals surface area contributed by atoms with Crippen molar-refractivity contribution in [1.29, 1.82) is 0 Å². The highest BCUT2D eigenvalue weighted by Crippen LogP contribution is 2.38. The van der Waals surface area contributed by atoms with Crippen LogP contribution in [0.3, 0.4) is 0 Å². The molecular formula is C19H26N4O. The molecule has 0 amide bonds.